The van der Waals surface area contributed by atoms with Crippen LogP contribution in [0, 0.1) is 16.0 Å². The summed E-state index contributed by atoms with van der Waals surface area (Å²) in [6.07, 6.45) is 2.31. The fraction of sp³-hybridized carbons (Fsp3) is 0.467. The number of nitro benzene ring substituents is 1. The molecule has 1 aromatic rings. The molecule has 0 aromatic heterocycles. The molecule has 0 radical (unpaired) electrons. The van der Waals surface area contributed by atoms with Gasteiger partial charge in [0, 0.05) is 22.6 Å². The zero-order chi connectivity index (χ0) is 14.0. The Kier molecular flexibility index (Phi) is 4.30. The number of thioether (sulfide) groups is 1. The second-order valence-corrected chi connectivity index (χ2v) is 6.83. The highest BCUT2D eigenvalue weighted by molar-refractivity contribution is 8.00. The maximum atomic E-state index is 10.9. The normalized spacial score (nSPS) is 26.9. The van der Waals surface area contributed by atoms with Crippen LogP contribution < -0.4 is 0 Å². The van der Waals surface area contributed by atoms with Crippen LogP contribution in [0.25, 0.3) is 0 Å². The number of nitrogens with zero attached hydrogens (tertiary/aromatic N) is 1. The van der Waals surface area contributed by atoms with E-state index in [-0.39, 0.29) is 10.6 Å². The molecule has 1 aliphatic rings. The summed E-state index contributed by atoms with van der Waals surface area (Å²) < 4.78 is 0. The van der Waals surface area contributed by atoms with Crippen molar-refractivity contribution in [3.8, 4) is 0 Å². The predicted molar refractivity (Wildman–Crippen MR) is 80.4 cm³/mol. The third-order valence-electron chi connectivity index (χ3n) is 3.67. The van der Waals surface area contributed by atoms with Crippen LogP contribution in [-0.4, -0.2) is 10.2 Å². The minimum atomic E-state index is -0.323. The summed E-state index contributed by atoms with van der Waals surface area (Å²) in [5.74, 6) is 0.420. The number of non-ortho nitro benzene ring substituents is 1. The molecule has 1 aliphatic heterocycles. The second kappa shape index (κ2) is 5.78. The van der Waals surface area contributed by atoms with Gasteiger partial charge in [-0.3, -0.25) is 10.1 Å². The summed E-state index contributed by atoms with van der Waals surface area (Å²) in [6, 6.07) is 7.04. The van der Waals surface area contributed by atoms with Gasteiger partial charge in [0.05, 0.1) is 4.92 Å². The Balaban J connectivity index is 2.33. The molecule has 0 unspecified atom stereocenters. The fourth-order valence-electron chi connectivity index (χ4n) is 2.61. The number of allylic oxidation sites excluding steroid dienone is 1. The van der Waals surface area contributed by atoms with Crippen LogP contribution in [0.15, 0.2) is 36.4 Å². The number of hydrogen-bond donors (Lipinski definition) is 0. The second-order valence-electron chi connectivity index (χ2n) is 5.25. The molecule has 3 nitrogen and oxygen atoms in total. The molecule has 0 saturated carbocycles. The van der Waals surface area contributed by atoms with Gasteiger partial charge in [0.15, 0.2) is 0 Å². The number of hydrogen-bond acceptors (Lipinski definition) is 3. The summed E-state index contributed by atoms with van der Waals surface area (Å²) >= 11 is 1.91. The molecule has 2 rings (SSSR count). The van der Waals surface area contributed by atoms with Gasteiger partial charge >= 0.3 is 0 Å². The molecule has 102 valence electrons. The minimum Gasteiger partial charge on any atom is -0.258 e. The van der Waals surface area contributed by atoms with E-state index in [1.807, 2.05) is 17.8 Å². The average Bonchev–Trinajstić information content (AvgIpc) is 2.38. The number of rotatable bonds is 3. The summed E-state index contributed by atoms with van der Waals surface area (Å²) in [5, 5.41) is 11.8. The molecule has 4 heteroatoms. The van der Waals surface area contributed by atoms with E-state index in [9.17, 15) is 10.1 Å². The van der Waals surface area contributed by atoms with Crippen molar-refractivity contribution in [1.82, 2.24) is 0 Å². The van der Waals surface area contributed by atoms with Gasteiger partial charge in [-0.05, 0) is 31.2 Å². The molecule has 1 aromatic carbocycles. The maximum absolute atomic E-state index is 10.9. The van der Waals surface area contributed by atoms with E-state index in [4.69, 9.17) is 0 Å². The monoisotopic (exact) mass is 277 g/mol. The molecule has 19 heavy (non-hydrogen) atoms. The van der Waals surface area contributed by atoms with Crippen LogP contribution >= 0.6 is 11.8 Å². The van der Waals surface area contributed by atoms with Crippen LogP contribution in [0.1, 0.15) is 37.5 Å². The van der Waals surface area contributed by atoms with Crippen LogP contribution in [0.5, 0.6) is 0 Å². The Hall–Kier alpha value is -1.29. The summed E-state index contributed by atoms with van der Waals surface area (Å²) in [6.45, 7) is 8.38. The van der Waals surface area contributed by atoms with Gasteiger partial charge in [-0.15, -0.1) is 0 Å². The first-order valence-electron chi connectivity index (χ1n) is 6.54. The van der Waals surface area contributed by atoms with Crippen molar-refractivity contribution < 1.29 is 4.92 Å². The first kappa shape index (κ1) is 14.1. The zero-order valence-corrected chi connectivity index (χ0v) is 12.2. The molecular formula is C15H19NO2S. The SMILES string of the molecule is C=C(C)[C@@H]1CC[C@@H](C)S[C@H]1c1cccc([N+](=O)[O-])c1. The van der Waals surface area contributed by atoms with E-state index >= 15 is 0 Å². The minimum absolute atomic E-state index is 0.178. The molecule has 1 heterocycles. The maximum Gasteiger partial charge on any atom is 0.269 e. The lowest BCUT2D eigenvalue weighted by molar-refractivity contribution is -0.384. The fourth-order valence-corrected chi connectivity index (χ4v) is 4.24. The number of nitro groups is 1. The summed E-state index contributed by atoms with van der Waals surface area (Å²) in [7, 11) is 0. The van der Waals surface area contributed by atoms with E-state index in [1.54, 1.807) is 18.2 Å². The van der Waals surface area contributed by atoms with Gasteiger partial charge < -0.3 is 0 Å². The Morgan fingerprint density at radius 1 is 1.47 bits per heavy atom. The summed E-state index contributed by atoms with van der Waals surface area (Å²) in [5.41, 5.74) is 2.41. The lowest BCUT2D eigenvalue weighted by Crippen LogP contribution is -2.20. The Bertz CT molecular complexity index is 501. The predicted octanol–water partition coefficient (Wildman–Crippen LogP) is 4.74. The van der Waals surface area contributed by atoms with Crippen molar-refractivity contribution in [1.29, 1.82) is 0 Å². The third kappa shape index (κ3) is 3.18. The molecule has 0 amide bonds. The van der Waals surface area contributed by atoms with Crippen LogP contribution in [0.2, 0.25) is 0 Å². The topological polar surface area (TPSA) is 43.1 Å². The third-order valence-corrected chi connectivity index (χ3v) is 5.27. The quantitative estimate of drug-likeness (QED) is 0.455. The Morgan fingerprint density at radius 2 is 2.21 bits per heavy atom. The molecule has 0 bridgehead atoms. The average molecular weight is 277 g/mol. The lowest BCUT2D eigenvalue weighted by atomic mass is 9.87. The van der Waals surface area contributed by atoms with Crippen molar-refractivity contribution in [2.24, 2.45) is 5.92 Å². The molecule has 1 saturated heterocycles. The van der Waals surface area contributed by atoms with Crippen molar-refractivity contribution in [2.45, 2.75) is 37.2 Å². The van der Waals surface area contributed by atoms with Crippen molar-refractivity contribution in [3.05, 3.63) is 52.1 Å². The Labute approximate surface area is 118 Å². The van der Waals surface area contributed by atoms with E-state index in [0.717, 1.165) is 12.0 Å². The number of benzene rings is 1. The van der Waals surface area contributed by atoms with Crippen LogP contribution in [0.4, 0.5) is 5.69 Å². The van der Waals surface area contributed by atoms with Gasteiger partial charge in [-0.2, -0.15) is 11.8 Å². The van der Waals surface area contributed by atoms with Crippen molar-refractivity contribution in [2.75, 3.05) is 0 Å². The van der Waals surface area contributed by atoms with Crippen LogP contribution in [-0.2, 0) is 0 Å². The first-order valence-corrected chi connectivity index (χ1v) is 7.48. The zero-order valence-electron chi connectivity index (χ0n) is 11.3. The van der Waals surface area contributed by atoms with Crippen molar-refractivity contribution in [3.63, 3.8) is 0 Å². The van der Waals surface area contributed by atoms with Gasteiger partial charge in [-0.1, -0.05) is 31.2 Å². The van der Waals surface area contributed by atoms with Crippen LogP contribution in [0.3, 0.4) is 0 Å². The van der Waals surface area contributed by atoms with E-state index in [1.165, 1.54) is 12.0 Å². The van der Waals surface area contributed by atoms with Gasteiger partial charge in [0.1, 0.15) is 0 Å². The highest BCUT2D eigenvalue weighted by atomic mass is 32.2. The van der Waals surface area contributed by atoms with Gasteiger partial charge in [-0.25, -0.2) is 0 Å². The molecule has 0 aliphatic carbocycles. The molecule has 3 atom stereocenters. The van der Waals surface area contributed by atoms with Gasteiger partial charge in [0.2, 0.25) is 0 Å². The molecule has 0 spiro atoms. The lowest BCUT2D eigenvalue weighted by Gasteiger charge is -2.35. The van der Waals surface area contributed by atoms with Crippen molar-refractivity contribution >= 4 is 17.4 Å². The molecule has 1 fully saturated rings. The van der Waals surface area contributed by atoms with E-state index < -0.39 is 0 Å². The standard InChI is InChI=1S/C15H19NO2S/c1-10(2)14-8-7-11(3)19-15(14)12-5-4-6-13(9-12)16(17)18/h4-6,9,11,14-15H,1,7-8H2,2-3H3/t11-,14+,15+/m1/s1. The highest BCUT2D eigenvalue weighted by Gasteiger charge is 2.31. The van der Waals surface area contributed by atoms with E-state index in [2.05, 4.69) is 20.4 Å². The highest BCUT2D eigenvalue weighted by Crippen LogP contribution is 2.49. The Morgan fingerprint density at radius 3 is 2.84 bits per heavy atom. The largest absolute Gasteiger partial charge is 0.269 e. The molecular weight excluding hydrogens is 258 g/mol. The van der Waals surface area contributed by atoms with E-state index in [0.29, 0.717) is 16.4 Å². The van der Waals surface area contributed by atoms with Gasteiger partial charge in [0.25, 0.3) is 5.69 Å². The molecule has 0 N–H and O–H groups in total. The smallest absolute Gasteiger partial charge is 0.258 e. The first-order chi connectivity index (χ1) is 8.99. The summed E-state index contributed by atoms with van der Waals surface area (Å²) in [4.78, 5) is 10.6.